The Morgan fingerprint density at radius 3 is 2.67 bits per heavy atom. The molecule has 0 bridgehead atoms. The Bertz CT molecular complexity index is 280. The minimum absolute atomic E-state index is 0.186. The largest absolute Gasteiger partial charge is 0.271 e. The molecule has 3 nitrogen and oxygen atoms in total. The Morgan fingerprint density at radius 1 is 1.42 bits per heavy atom. The summed E-state index contributed by atoms with van der Waals surface area (Å²) in [5.74, 6) is -0.186. The van der Waals surface area contributed by atoms with E-state index in [4.69, 9.17) is 0 Å². The van der Waals surface area contributed by atoms with Gasteiger partial charge in [0.05, 0.1) is 0 Å². The second-order valence-corrected chi connectivity index (χ2v) is 2.19. The highest BCUT2D eigenvalue weighted by Crippen LogP contribution is 1.96. The van der Waals surface area contributed by atoms with E-state index in [-0.39, 0.29) is 5.91 Å². The van der Waals surface area contributed by atoms with Crippen molar-refractivity contribution in [3.63, 3.8) is 0 Å². The first-order valence-electron chi connectivity index (χ1n) is 3.67. The fourth-order valence-electron chi connectivity index (χ4n) is 0.777. The van der Waals surface area contributed by atoms with Crippen LogP contribution >= 0.6 is 0 Å². The van der Waals surface area contributed by atoms with E-state index in [1.807, 2.05) is 18.2 Å². The molecule has 12 heavy (non-hydrogen) atoms. The quantitative estimate of drug-likeness (QED) is 0.518. The Morgan fingerprint density at radius 2 is 2.08 bits per heavy atom. The first kappa shape index (κ1) is 8.46. The minimum Gasteiger partial charge on any atom is -0.267 e. The van der Waals surface area contributed by atoms with Crippen molar-refractivity contribution < 1.29 is 4.79 Å². The van der Waals surface area contributed by atoms with Gasteiger partial charge >= 0.3 is 0 Å². The molecule has 1 aromatic rings. The van der Waals surface area contributed by atoms with Crippen LogP contribution in [0.15, 0.2) is 35.4 Å². The summed E-state index contributed by atoms with van der Waals surface area (Å²) in [5.41, 5.74) is 2.99. The summed E-state index contributed by atoms with van der Waals surface area (Å²) in [6, 6.07) is 8.95. The molecule has 1 amide bonds. The van der Waals surface area contributed by atoms with Crippen LogP contribution in [0.25, 0.3) is 0 Å². The Hall–Kier alpha value is -1.64. The summed E-state index contributed by atoms with van der Waals surface area (Å²) in [6.07, 6.45) is 1.53. The SMILES string of the molecule is CC=NNC(=O)c1ccccc1. The molecule has 62 valence electrons. The van der Waals surface area contributed by atoms with Crippen LogP contribution in [-0.2, 0) is 0 Å². The van der Waals surface area contributed by atoms with E-state index < -0.39 is 0 Å². The Kier molecular flexibility index (Phi) is 3.02. The normalized spacial score (nSPS) is 10.1. The van der Waals surface area contributed by atoms with E-state index in [9.17, 15) is 4.79 Å². The van der Waals surface area contributed by atoms with Crippen molar-refractivity contribution in [3.05, 3.63) is 35.9 Å². The molecule has 1 aromatic carbocycles. The van der Waals surface area contributed by atoms with Crippen LogP contribution in [0.4, 0.5) is 0 Å². The van der Waals surface area contributed by atoms with Crippen LogP contribution < -0.4 is 5.43 Å². The first-order chi connectivity index (χ1) is 5.84. The molecule has 0 saturated heterocycles. The van der Waals surface area contributed by atoms with Gasteiger partial charge in [0.2, 0.25) is 0 Å². The molecule has 0 radical (unpaired) electrons. The minimum atomic E-state index is -0.186. The Balaban J connectivity index is 2.66. The standard InChI is InChI=1S/C9H10N2O/c1-2-10-11-9(12)8-6-4-3-5-7-8/h2-7H,1H3,(H,11,12). The van der Waals surface area contributed by atoms with Gasteiger partial charge < -0.3 is 0 Å². The summed E-state index contributed by atoms with van der Waals surface area (Å²) >= 11 is 0. The maximum Gasteiger partial charge on any atom is 0.271 e. The van der Waals surface area contributed by atoms with Crippen LogP contribution in [0.3, 0.4) is 0 Å². The molecule has 0 heterocycles. The molecule has 1 N–H and O–H groups in total. The van der Waals surface area contributed by atoms with Crippen molar-refractivity contribution in [2.24, 2.45) is 5.10 Å². The van der Waals surface area contributed by atoms with Gasteiger partial charge in [0.15, 0.2) is 0 Å². The number of hydrogen-bond donors (Lipinski definition) is 1. The number of carbonyl (C=O) groups is 1. The average Bonchev–Trinajstić information content (AvgIpc) is 2.15. The molecule has 0 aliphatic carbocycles. The molecule has 0 aliphatic heterocycles. The van der Waals surface area contributed by atoms with Gasteiger partial charge in [-0.1, -0.05) is 18.2 Å². The van der Waals surface area contributed by atoms with Crippen molar-refractivity contribution >= 4 is 12.1 Å². The van der Waals surface area contributed by atoms with Crippen molar-refractivity contribution in [1.29, 1.82) is 0 Å². The van der Waals surface area contributed by atoms with Gasteiger partial charge in [-0.05, 0) is 19.1 Å². The maximum absolute atomic E-state index is 11.2. The molecule has 0 aliphatic rings. The van der Waals surface area contributed by atoms with Gasteiger partial charge in [0, 0.05) is 11.8 Å². The number of nitrogens with one attached hydrogen (secondary N) is 1. The molecular weight excluding hydrogens is 152 g/mol. The number of amides is 1. The van der Waals surface area contributed by atoms with Gasteiger partial charge in [0.25, 0.3) is 5.91 Å². The zero-order valence-electron chi connectivity index (χ0n) is 6.82. The van der Waals surface area contributed by atoms with Gasteiger partial charge in [-0.3, -0.25) is 4.79 Å². The molecule has 0 fully saturated rings. The van der Waals surface area contributed by atoms with E-state index in [1.54, 1.807) is 19.1 Å². The van der Waals surface area contributed by atoms with Gasteiger partial charge in [-0.15, -0.1) is 0 Å². The zero-order chi connectivity index (χ0) is 8.81. The molecule has 3 heteroatoms. The third-order valence-electron chi connectivity index (χ3n) is 1.33. The maximum atomic E-state index is 11.2. The summed E-state index contributed by atoms with van der Waals surface area (Å²) in [4.78, 5) is 11.2. The van der Waals surface area contributed by atoms with Crippen molar-refractivity contribution in [2.45, 2.75) is 6.92 Å². The average molecular weight is 162 g/mol. The number of carbonyl (C=O) groups excluding carboxylic acids is 1. The molecular formula is C9H10N2O. The number of nitrogens with zero attached hydrogens (tertiary/aromatic N) is 1. The highest BCUT2D eigenvalue weighted by Gasteiger charge is 2.00. The molecule has 1 rings (SSSR count). The van der Waals surface area contributed by atoms with E-state index in [2.05, 4.69) is 10.5 Å². The van der Waals surface area contributed by atoms with Crippen LogP contribution in [-0.4, -0.2) is 12.1 Å². The van der Waals surface area contributed by atoms with Gasteiger partial charge in [-0.25, -0.2) is 5.43 Å². The van der Waals surface area contributed by atoms with E-state index >= 15 is 0 Å². The van der Waals surface area contributed by atoms with Crippen LogP contribution in [0.1, 0.15) is 17.3 Å². The second-order valence-electron chi connectivity index (χ2n) is 2.19. The summed E-state index contributed by atoms with van der Waals surface area (Å²) in [7, 11) is 0. The molecule has 0 saturated carbocycles. The summed E-state index contributed by atoms with van der Waals surface area (Å²) < 4.78 is 0. The van der Waals surface area contributed by atoms with Crippen LogP contribution in [0.5, 0.6) is 0 Å². The van der Waals surface area contributed by atoms with Gasteiger partial charge in [0.1, 0.15) is 0 Å². The van der Waals surface area contributed by atoms with Crippen molar-refractivity contribution in [2.75, 3.05) is 0 Å². The van der Waals surface area contributed by atoms with Crippen molar-refractivity contribution in [3.8, 4) is 0 Å². The van der Waals surface area contributed by atoms with Gasteiger partial charge in [-0.2, -0.15) is 5.10 Å². The lowest BCUT2D eigenvalue weighted by Gasteiger charge is -1.97. The lowest BCUT2D eigenvalue weighted by Crippen LogP contribution is -2.16. The monoisotopic (exact) mass is 162 g/mol. The summed E-state index contributed by atoms with van der Waals surface area (Å²) in [6.45, 7) is 1.74. The third-order valence-corrected chi connectivity index (χ3v) is 1.33. The fraction of sp³-hybridized carbons (Fsp3) is 0.111. The number of hydrazone groups is 1. The number of hydrogen-bond acceptors (Lipinski definition) is 2. The predicted molar refractivity (Wildman–Crippen MR) is 48.1 cm³/mol. The van der Waals surface area contributed by atoms with E-state index in [0.29, 0.717) is 5.56 Å². The molecule has 0 spiro atoms. The van der Waals surface area contributed by atoms with Crippen LogP contribution in [0.2, 0.25) is 0 Å². The van der Waals surface area contributed by atoms with E-state index in [0.717, 1.165) is 0 Å². The highest BCUT2D eigenvalue weighted by molar-refractivity contribution is 5.94. The van der Waals surface area contributed by atoms with Crippen molar-refractivity contribution in [1.82, 2.24) is 5.43 Å². The summed E-state index contributed by atoms with van der Waals surface area (Å²) in [5, 5.41) is 3.62. The number of rotatable bonds is 2. The molecule has 0 atom stereocenters. The second kappa shape index (κ2) is 4.28. The van der Waals surface area contributed by atoms with E-state index in [1.165, 1.54) is 6.21 Å². The Labute approximate surface area is 71.1 Å². The smallest absolute Gasteiger partial charge is 0.267 e. The highest BCUT2D eigenvalue weighted by atomic mass is 16.2. The number of benzene rings is 1. The molecule has 0 aromatic heterocycles. The fourth-order valence-corrected chi connectivity index (χ4v) is 0.777. The lowest BCUT2D eigenvalue weighted by atomic mass is 10.2. The first-order valence-corrected chi connectivity index (χ1v) is 3.67. The topological polar surface area (TPSA) is 41.5 Å². The zero-order valence-corrected chi connectivity index (χ0v) is 6.82. The predicted octanol–water partition coefficient (Wildman–Crippen LogP) is 1.42. The third kappa shape index (κ3) is 2.20. The molecule has 0 unspecified atom stereocenters. The lowest BCUT2D eigenvalue weighted by molar-refractivity contribution is 0.0955. The van der Waals surface area contributed by atoms with Crippen LogP contribution in [0, 0.1) is 0 Å².